The van der Waals surface area contributed by atoms with E-state index < -0.39 is 0 Å². The molecule has 1 heterocycles. The van der Waals surface area contributed by atoms with Gasteiger partial charge >= 0.3 is 0 Å². The molecule has 1 rings (SSSR count). The minimum absolute atomic E-state index is 0.0989. The van der Waals surface area contributed by atoms with Gasteiger partial charge in [0.05, 0.1) is 24.8 Å². The highest BCUT2D eigenvalue weighted by Crippen LogP contribution is 2.00. The molecule has 0 aromatic carbocycles. The van der Waals surface area contributed by atoms with Crippen LogP contribution in [0, 0.1) is 0 Å². The van der Waals surface area contributed by atoms with Gasteiger partial charge in [-0.3, -0.25) is 9.80 Å². The van der Waals surface area contributed by atoms with Gasteiger partial charge in [0.15, 0.2) is 0 Å². The summed E-state index contributed by atoms with van der Waals surface area (Å²) in [6, 6.07) is 0. The fraction of sp³-hybridized carbons (Fsp3) is 0.900. The van der Waals surface area contributed by atoms with E-state index in [-0.39, 0.29) is 6.61 Å². The molecule has 5 nitrogen and oxygen atoms in total. The fourth-order valence-corrected chi connectivity index (χ4v) is 1.93. The summed E-state index contributed by atoms with van der Waals surface area (Å²) in [5, 5.41) is 8.55. The van der Waals surface area contributed by atoms with E-state index in [9.17, 15) is 0 Å². The van der Waals surface area contributed by atoms with Gasteiger partial charge < -0.3 is 15.6 Å². The molecule has 1 fully saturated rings. The fourth-order valence-electron chi connectivity index (χ4n) is 1.75. The van der Waals surface area contributed by atoms with Gasteiger partial charge in [0, 0.05) is 39.3 Å². The predicted octanol–water partition coefficient (Wildman–Crippen LogP) is -1.10. The van der Waals surface area contributed by atoms with Crippen LogP contribution >= 0.6 is 12.2 Å². The van der Waals surface area contributed by atoms with Crippen LogP contribution in [0.4, 0.5) is 0 Å². The molecular weight excluding hydrogens is 226 g/mol. The van der Waals surface area contributed by atoms with Gasteiger partial charge in [-0.1, -0.05) is 12.2 Å². The number of aliphatic hydroxyl groups excluding tert-OH is 1. The van der Waals surface area contributed by atoms with Gasteiger partial charge in [-0.05, 0) is 0 Å². The maximum atomic E-state index is 8.55. The van der Waals surface area contributed by atoms with Crippen LogP contribution < -0.4 is 5.73 Å². The summed E-state index contributed by atoms with van der Waals surface area (Å²) in [7, 11) is 0. The van der Waals surface area contributed by atoms with Gasteiger partial charge in [0.25, 0.3) is 0 Å². The zero-order valence-corrected chi connectivity index (χ0v) is 10.4. The molecule has 1 aliphatic rings. The van der Waals surface area contributed by atoms with Gasteiger partial charge in [-0.15, -0.1) is 0 Å². The first-order valence-corrected chi connectivity index (χ1v) is 6.05. The number of aliphatic hydroxyl groups is 1. The molecule has 0 aliphatic carbocycles. The quantitative estimate of drug-likeness (QED) is 0.440. The largest absolute Gasteiger partial charge is 0.394 e. The molecule has 0 unspecified atom stereocenters. The Morgan fingerprint density at radius 2 is 1.81 bits per heavy atom. The molecule has 6 heteroatoms. The Kier molecular flexibility index (Phi) is 6.82. The van der Waals surface area contributed by atoms with E-state index in [1.165, 1.54) is 0 Å². The van der Waals surface area contributed by atoms with Crippen molar-refractivity contribution in [3.05, 3.63) is 0 Å². The molecule has 0 spiro atoms. The number of thiocarbonyl (C=S) groups is 1. The normalized spacial score (nSPS) is 18.8. The van der Waals surface area contributed by atoms with Crippen LogP contribution in [0.25, 0.3) is 0 Å². The summed E-state index contributed by atoms with van der Waals surface area (Å²) in [5.41, 5.74) is 5.50. The third kappa shape index (κ3) is 5.72. The SMILES string of the molecule is NC(=S)CN1CCN(CCOCCO)CC1. The van der Waals surface area contributed by atoms with Crippen LogP contribution in [0.3, 0.4) is 0 Å². The summed E-state index contributed by atoms with van der Waals surface area (Å²) in [5.74, 6) is 0. The zero-order chi connectivity index (χ0) is 11.8. The second-order valence-corrected chi connectivity index (χ2v) is 4.44. The standard InChI is InChI=1S/C10H21N3O2S/c11-10(16)9-13-3-1-12(2-4-13)5-7-15-8-6-14/h14H,1-9H2,(H2,11,16). The lowest BCUT2D eigenvalue weighted by Gasteiger charge is -2.34. The molecule has 0 saturated carbocycles. The van der Waals surface area contributed by atoms with Crippen molar-refractivity contribution in [2.24, 2.45) is 5.73 Å². The third-order valence-corrected chi connectivity index (χ3v) is 2.76. The Bertz CT molecular complexity index is 208. The van der Waals surface area contributed by atoms with Crippen LogP contribution in [0.1, 0.15) is 0 Å². The first-order valence-electron chi connectivity index (χ1n) is 5.64. The van der Waals surface area contributed by atoms with Gasteiger partial charge in [-0.2, -0.15) is 0 Å². The zero-order valence-electron chi connectivity index (χ0n) is 9.60. The molecule has 1 saturated heterocycles. The van der Waals surface area contributed by atoms with Crippen LogP contribution in [-0.2, 0) is 4.74 Å². The minimum atomic E-state index is 0.0989. The lowest BCUT2D eigenvalue weighted by molar-refractivity contribution is 0.0599. The monoisotopic (exact) mass is 247 g/mol. The van der Waals surface area contributed by atoms with E-state index >= 15 is 0 Å². The van der Waals surface area contributed by atoms with E-state index in [2.05, 4.69) is 9.80 Å². The van der Waals surface area contributed by atoms with Crippen molar-refractivity contribution in [1.82, 2.24) is 9.80 Å². The Balaban J connectivity index is 2.05. The Labute approximate surface area is 102 Å². The molecule has 0 bridgehead atoms. The molecule has 0 radical (unpaired) electrons. The Hall–Kier alpha value is -0.270. The number of piperazine rings is 1. The molecule has 0 aromatic rings. The van der Waals surface area contributed by atoms with Crippen molar-refractivity contribution in [1.29, 1.82) is 0 Å². The molecule has 0 amide bonds. The molecule has 3 N–H and O–H groups in total. The summed E-state index contributed by atoms with van der Waals surface area (Å²) in [6.45, 7) is 6.97. The van der Waals surface area contributed by atoms with E-state index in [1.807, 2.05) is 0 Å². The van der Waals surface area contributed by atoms with Crippen LogP contribution in [0.15, 0.2) is 0 Å². The highest BCUT2D eigenvalue weighted by Gasteiger charge is 2.16. The Morgan fingerprint density at radius 1 is 1.19 bits per heavy atom. The smallest absolute Gasteiger partial charge is 0.0870 e. The molecule has 94 valence electrons. The summed E-state index contributed by atoms with van der Waals surface area (Å²) < 4.78 is 5.23. The van der Waals surface area contributed by atoms with Crippen LogP contribution in [0.2, 0.25) is 0 Å². The highest BCUT2D eigenvalue weighted by atomic mass is 32.1. The topological polar surface area (TPSA) is 62.0 Å². The number of hydrogen-bond donors (Lipinski definition) is 2. The first kappa shape index (κ1) is 13.8. The molecular formula is C10H21N3O2S. The van der Waals surface area contributed by atoms with Gasteiger partial charge in [-0.25, -0.2) is 0 Å². The number of ether oxygens (including phenoxy) is 1. The van der Waals surface area contributed by atoms with Crippen molar-refractivity contribution in [3.63, 3.8) is 0 Å². The predicted molar refractivity (Wildman–Crippen MR) is 67.6 cm³/mol. The van der Waals surface area contributed by atoms with Crippen molar-refractivity contribution in [3.8, 4) is 0 Å². The summed E-state index contributed by atoms with van der Waals surface area (Å²) >= 11 is 4.88. The summed E-state index contributed by atoms with van der Waals surface area (Å²) in [6.07, 6.45) is 0. The number of hydrogen-bond acceptors (Lipinski definition) is 5. The molecule has 16 heavy (non-hydrogen) atoms. The number of nitrogens with zero attached hydrogens (tertiary/aromatic N) is 2. The molecule has 1 aliphatic heterocycles. The van der Waals surface area contributed by atoms with Gasteiger partial charge in [0.1, 0.15) is 0 Å². The van der Waals surface area contributed by atoms with Crippen molar-refractivity contribution >= 4 is 17.2 Å². The highest BCUT2D eigenvalue weighted by molar-refractivity contribution is 7.80. The van der Waals surface area contributed by atoms with Crippen LogP contribution in [0.5, 0.6) is 0 Å². The van der Waals surface area contributed by atoms with E-state index in [0.29, 0.717) is 18.2 Å². The van der Waals surface area contributed by atoms with Crippen LogP contribution in [-0.4, -0.2) is 79.0 Å². The second kappa shape index (κ2) is 7.92. The van der Waals surface area contributed by atoms with Gasteiger partial charge in [0.2, 0.25) is 0 Å². The van der Waals surface area contributed by atoms with E-state index in [0.717, 1.165) is 39.3 Å². The molecule has 0 aromatic heterocycles. The van der Waals surface area contributed by atoms with E-state index in [1.54, 1.807) is 0 Å². The number of rotatable bonds is 7. The average molecular weight is 247 g/mol. The minimum Gasteiger partial charge on any atom is -0.394 e. The Morgan fingerprint density at radius 3 is 2.38 bits per heavy atom. The molecule has 0 atom stereocenters. The lowest BCUT2D eigenvalue weighted by Crippen LogP contribution is -2.49. The lowest BCUT2D eigenvalue weighted by atomic mass is 10.3. The van der Waals surface area contributed by atoms with Crippen molar-refractivity contribution in [2.45, 2.75) is 0 Å². The number of nitrogens with two attached hydrogens (primary N) is 1. The average Bonchev–Trinajstić information content (AvgIpc) is 2.26. The maximum Gasteiger partial charge on any atom is 0.0870 e. The second-order valence-electron chi connectivity index (χ2n) is 3.92. The first-order chi connectivity index (χ1) is 7.72. The maximum absolute atomic E-state index is 8.55. The third-order valence-electron chi connectivity index (χ3n) is 2.63. The van der Waals surface area contributed by atoms with Crippen molar-refractivity contribution < 1.29 is 9.84 Å². The van der Waals surface area contributed by atoms with Crippen molar-refractivity contribution in [2.75, 3.05) is 59.1 Å². The summed E-state index contributed by atoms with van der Waals surface area (Å²) in [4.78, 5) is 5.20. The van der Waals surface area contributed by atoms with E-state index in [4.69, 9.17) is 27.8 Å².